The predicted octanol–water partition coefficient (Wildman–Crippen LogP) is 1.02. The molecule has 1 aromatic rings. The van der Waals surface area contributed by atoms with Crippen molar-refractivity contribution in [3.05, 3.63) is 18.6 Å². The number of hydrogen-bond acceptors (Lipinski definition) is 4. The highest BCUT2D eigenvalue weighted by molar-refractivity contribution is 5.05. The van der Waals surface area contributed by atoms with Gasteiger partial charge in [0, 0.05) is 18.9 Å². The molecule has 1 N–H and O–H groups in total. The third-order valence-corrected chi connectivity index (χ3v) is 2.59. The van der Waals surface area contributed by atoms with Gasteiger partial charge in [0.2, 0.25) is 5.88 Å². The summed E-state index contributed by atoms with van der Waals surface area (Å²) in [6.07, 6.45) is 6.35. The van der Waals surface area contributed by atoms with Gasteiger partial charge < -0.3 is 9.84 Å². The second-order valence-electron chi connectivity index (χ2n) is 3.65. The molecule has 1 aromatic heterocycles. The minimum Gasteiger partial charge on any atom is -0.474 e. The lowest BCUT2D eigenvalue weighted by Gasteiger charge is -2.11. The van der Waals surface area contributed by atoms with Crippen LogP contribution in [0.25, 0.3) is 0 Å². The van der Waals surface area contributed by atoms with E-state index in [4.69, 9.17) is 9.84 Å². The van der Waals surface area contributed by atoms with Crippen LogP contribution in [0.3, 0.4) is 0 Å². The normalized spacial score (nSPS) is 26.4. The van der Waals surface area contributed by atoms with Crippen LogP contribution >= 0.6 is 0 Å². The van der Waals surface area contributed by atoms with Crippen LogP contribution in [-0.4, -0.2) is 27.8 Å². The Bertz CT molecular complexity index is 279. The molecule has 0 aromatic carbocycles. The first-order valence-corrected chi connectivity index (χ1v) is 4.92. The SMILES string of the molecule is OCC1CCC(Oc2ccncn2)C1. The number of hydrogen-bond donors (Lipinski definition) is 1. The zero-order valence-corrected chi connectivity index (χ0v) is 7.97. The van der Waals surface area contributed by atoms with Crippen molar-refractivity contribution in [1.82, 2.24) is 9.97 Å². The van der Waals surface area contributed by atoms with Gasteiger partial charge in [-0.05, 0) is 25.2 Å². The van der Waals surface area contributed by atoms with E-state index in [1.54, 1.807) is 12.3 Å². The van der Waals surface area contributed by atoms with E-state index in [1.807, 2.05) is 0 Å². The maximum absolute atomic E-state index is 8.97. The number of nitrogens with zero attached hydrogens (tertiary/aromatic N) is 2. The molecule has 2 unspecified atom stereocenters. The predicted molar refractivity (Wildman–Crippen MR) is 50.9 cm³/mol. The zero-order chi connectivity index (χ0) is 9.80. The molecule has 1 heterocycles. The number of rotatable bonds is 3. The van der Waals surface area contributed by atoms with Crippen LogP contribution in [0, 0.1) is 5.92 Å². The topological polar surface area (TPSA) is 55.2 Å². The standard InChI is InChI=1S/C10H14N2O2/c13-6-8-1-2-9(5-8)14-10-3-4-11-7-12-10/h3-4,7-9,13H,1-2,5-6H2. The van der Waals surface area contributed by atoms with Gasteiger partial charge in [0.1, 0.15) is 12.4 Å². The minimum atomic E-state index is 0.210. The molecule has 4 heteroatoms. The molecule has 4 nitrogen and oxygen atoms in total. The van der Waals surface area contributed by atoms with E-state index in [2.05, 4.69) is 9.97 Å². The summed E-state index contributed by atoms with van der Waals surface area (Å²) in [5.41, 5.74) is 0. The average Bonchev–Trinajstić information content (AvgIpc) is 2.67. The first-order chi connectivity index (χ1) is 6.88. The summed E-state index contributed by atoms with van der Waals surface area (Å²) in [5, 5.41) is 8.97. The summed E-state index contributed by atoms with van der Waals surface area (Å²) in [5.74, 6) is 1.03. The van der Waals surface area contributed by atoms with Crippen LogP contribution in [0.2, 0.25) is 0 Å². The molecule has 2 rings (SSSR count). The summed E-state index contributed by atoms with van der Waals surface area (Å²) in [6, 6.07) is 1.76. The minimum absolute atomic E-state index is 0.210. The van der Waals surface area contributed by atoms with Gasteiger partial charge in [0.25, 0.3) is 0 Å². The quantitative estimate of drug-likeness (QED) is 0.780. The first-order valence-electron chi connectivity index (χ1n) is 4.92. The molecular formula is C10H14N2O2. The fourth-order valence-corrected chi connectivity index (χ4v) is 1.82. The molecule has 14 heavy (non-hydrogen) atoms. The van der Waals surface area contributed by atoms with Crippen LogP contribution in [0.15, 0.2) is 18.6 Å². The molecule has 0 spiro atoms. The smallest absolute Gasteiger partial charge is 0.216 e. The maximum atomic E-state index is 8.97. The lowest BCUT2D eigenvalue weighted by Crippen LogP contribution is -2.13. The van der Waals surface area contributed by atoms with Gasteiger partial charge in [-0.1, -0.05) is 0 Å². The van der Waals surface area contributed by atoms with Gasteiger partial charge in [-0.15, -0.1) is 0 Å². The molecule has 2 atom stereocenters. The van der Waals surface area contributed by atoms with E-state index in [0.717, 1.165) is 19.3 Å². The van der Waals surface area contributed by atoms with Crippen molar-refractivity contribution in [3.8, 4) is 5.88 Å². The van der Waals surface area contributed by atoms with Crippen molar-refractivity contribution in [2.75, 3.05) is 6.61 Å². The van der Waals surface area contributed by atoms with Crippen molar-refractivity contribution in [2.24, 2.45) is 5.92 Å². The highest BCUT2D eigenvalue weighted by Gasteiger charge is 2.25. The van der Waals surface area contributed by atoms with Crippen molar-refractivity contribution in [2.45, 2.75) is 25.4 Å². The van der Waals surface area contributed by atoms with Gasteiger partial charge in [0.15, 0.2) is 0 Å². The molecule has 1 saturated carbocycles. The highest BCUT2D eigenvalue weighted by atomic mass is 16.5. The Morgan fingerprint density at radius 3 is 3.07 bits per heavy atom. The molecule has 0 amide bonds. The van der Waals surface area contributed by atoms with E-state index < -0.39 is 0 Å². The summed E-state index contributed by atoms with van der Waals surface area (Å²) in [4.78, 5) is 7.82. The number of ether oxygens (including phenoxy) is 1. The Hall–Kier alpha value is -1.16. The van der Waals surface area contributed by atoms with Crippen LogP contribution in [0.1, 0.15) is 19.3 Å². The van der Waals surface area contributed by atoms with Crippen LogP contribution in [-0.2, 0) is 0 Å². The number of aromatic nitrogens is 2. The highest BCUT2D eigenvalue weighted by Crippen LogP contribution is 2.27. The molecular weight excluding hydrogens is 180 g/mol. The number of aliphatic hydroxyl groups is 1. The second kappa shape index (κ2) is 4.37. The molecule has 0 saturated heterocycles. The zero-order valence-electron chi connectivity index (χ0n) is 7.97. The summed E-state index contributed by atoms with van der Waals surface area (Å²) < 4.78 is 5.65. The molecule has 0 aliphatic heterocycles. The van der Waals surface area contributed by atoms with Crippen molar-refractivity contribution in [3.63, 3.8) is 0 Å². The van der Waals surface area contributed by atoms with Gasteiger partial charge in [-0.25, -0.2) is 9.97 Å². The Kier molecular flexibility index (Phi) is 2.93. The lowest BCUT2D eigenvalue weighted by molar-refractivity contribution is 0.177. The maximum Gasteiger partial charge on any atom is 0.216 e. The Labute approximate surface area is 83.0 Å². The van der Waals surface area contributed by atoms with Crippen molar-refractivity contribution < 1.29 is 9.84 Å². The summed E-state index contributed by atoms with van der Waals surface area (Å²) in [6.45, 7) is 0.267. The molecule has 1 aliphatic carbocycles. The second-order valence-corrected chi connectivity index (χ2v) is 3.65. The molecule has 0 bridgehead atoms. The van der Waals surface area contributed by atoms with E-state index in [1.165, 1.54) is 6.33 Å². The third-order valence-electron chi connectivity index (χ3n) is 2.59. The fraction of sp³-hybridized carbons (Fsp3) is 0.600. The summed E-state index contributed by atoms with van der Waals surface area (Å²) >= 11 is 0. The van der Waals surface area contributed by atoms with E-state index in [-0.39, 0.29) is 12.7 Å². The van der Waals surface area contributed by atoms with Gasteiger partial charge in [-0.2, -0.15) is 0 Å². The molecule has 76 valence electrons. The molecule has 0 radical (unpaired) electrons. The number of aliphatic hydroxyl groups excluding tert-OH is 1. The lowest BCUT2D eigenvalue weighted by atomic mass is 10.1. The largest absolute Gasteiger partial charge is 0.474 e. The van der Waals surface area contributed by atoms with Crippen LogP contribution in [0.4, 0.5) is 0 Å². The van der Waals surface area contributed by atoms with Crippen molar-refractivity contribution in [1.29, 1.82) is 0 Å². The van der Waals surface area contributed by atoms with E-state index in [0.29, 0.717) is 11.8 Å². The first kappa shape index (κ1) is 9.40. The Morgan fingerprint density at radius 2 is 2.43 bits per heavy atom. The average molecular weight is 194 g/mol. The Balaban J connectivity index is 1.88. The van der Waals surface area contributed by atoms with Crippen LogP contribution in [0.5, 0.6) is 5.88 Å². The monoisotopic (exact) mass is 194 g/mol. The summed E-state index contributed by atoms with van der Waals surface area (Å²) in [7, 11) is 0. The fourth-order valence-electron chi connectivity index (χ4n) is 1.82. The van der Waals surface area contributed by atoms with Crippen LogP contribution < -0.4 is 4.74 Å². The van der Waals surface area contributed by atoms with Gasteiger partial charge >= 0.3 is 0 Å². The molecule has 1 aliphatic rings. The third kappa shape index (κ3) is 2.20. The van der Waals surface area contributed by atoms with Gasteiger partial charge in [0.05, 0.1) is 0 Å². The molecule has 1 fully saturated rings. The van der Waals surface area contributed by atoms with E-state index >= 15 is 0 Å². The van der Waals surface area contributed by atoms with Crippen molar-refractivity contribution >= 4 is 0 Å². The van der Waals surface area contributed by atoms with E-state index in [9.17, 15) is 0 Å². The Morgan fingerprint density at radius 1 is 1.50 bits per heavy atom. The van der Waals surface area contributed by atoms with Gasteiger partial charge in [-0.3, -0.25) is 0 Å².